The quantitative estimate of drug-likeness (QED) is 0.685. The summed E-state index contributed by atoms with van der Waals surface area (Å²) >= 11 is 0. The molecule has 0 N–H and O–H groups in total. The van der Waals surface area contributed by atoms with Crippen molar-refractivity contribution in [2.24, 2.45) is 5.41 Å². The van der Waals surface area contributed by atoms with Gasteiger partial charge in [0.1, 0.15) is 11.6 Å². The van der Waals surface area contributed by atoms with Crippen molar-refractivity contribution < 1.29 is 26.8 Å². The summed E-state index contributed by atoms with van der Waals surface area (Å²) in [5.41, 5.74) is -1.59. The van der Waals surface area contributed by atoms with Crippen LogP contribution >= 0.6 is 0 Å². The zero-order chi connectivity index (χ0) is 22.1. The second-order valence-corrected chi connectivity index (χ2v) is 11.1. The molecular weight excluding hydrogens is 412 g/mol. The third-order valence-electron chi connectivity index (χ3n) is 5.84. The molecule has 158 valence electrons. The van der Waals surface area contributed by atoms with Gasteiger partial charge in [-0.3, -0.25) is 14.5 Å². The molecule has 0 aromatic heterocycles. The highest BCUT2D eigenvalue weighted by molar-refractivity contribution is 7.92. The Morgan fingerprint density at radius 3 is 2.30 bits per heavy atom. The zero-order valence-electron chi connectivity index (χ0n) is 16.8. The first-order valence-corrected chi connectivity index (χ1v) is 11.3. The number of para-hydroxylation sites is 1. The van der Waals surface area contributed by atoms with Crippen LogP contribution in [0.3, 0.4) is 0 Å². The Morgan fingerprint density at radius 2 is 1.70 bits per heavy atom. The molecule has 2 aromatic rings. The summed E-state index contributed by atoms with van der Waals surface area (Å²) in [6, 6.07) is 8.13. The van der Waals surface area contributed by atoms with E-state index in [1.165, 1.54) is 24.3 Å². The SMILES string of the molecule is CC1(CC(=O)c2cc(F)c3c(c2)C(C)(C)C(=O)N3c2ccccc2F)CS(=O)(=O)C1. The van der Waals surface area contributed by atoms with Gasteiger partial charge in [-0.05, 0) is 43.7 Å². The summed E-state index contributed by atoms with van der Waals surface area (Å²) < 4.78 is 52.6. The van der Waals surface area contributed by atoms with Crippen LogP contribution in [0.15, 0.2) is 36.4 Å². The van der Waals surface area contributed by atoms with Crippen molar-refractivity contribution in [2.45, 2.75) is 32.6 Å². The van der Waals surface area contributed by atoms with Crippen LogP contribution in [0.25, 0.3) is 0 Å². The molecule has 2 heterocycles. The molecule has 2 aliphatic rings. The molecule has 0 saturated carbocycles. The predicted octanol–water partition coefficient (Wildman–Crippen LogP) is 3.93. The number of carbonyl (C=O) groups is 2. The van der Waals surface area contributed by atoms with Gasteiger partial charge >= 0.3 is 0 Å². The minimum absolute atomic E-state index is 0.0319. The van der Waals surface area contributed by atoms with E-state index in [9.17, 15) is 22.4 Å². The van der Waals surface area contributed by atoms with Crippen LogP contribution in [0.4, 0.5) is 20.2 Å². The van der Waals surface area contributed by atoms with E-state index in [0.717, 1.165) is 11.0 Å². The minimum atomic E-state index is -3.12. The van der Waals surface area contributed by atoms with Gasteiger partial charge in [-0.25, -0.2) is 17.2 Å². The number of sulfone groups is 1. The molecule has 0 radical (unpaired) electrons. The Bertz CT molecular complexity index is 1190. The molecular formula is C22H21F2NO4S. The van der Waals surface area contributed by atoms with E-state index in [0.29, 0.717) is 5.56 Å². The average molecular weight is 433 g/mol. The van der Waals surface area contributed by atoms with Gasteiger partial charge < -0.3 is 0 Å². The van der Waals surface area contributed by atoms with Crippen LogP contribution in [-0.2, 0) is 20.0 Å². The van der Waals surface area contributed by atoms with Gasteiger partial charge in [0.25, 0.3) is 0 Å². The van der Waals surface area contributed by atoms with Crippen LogP contribution in [0.5, 0.6) is 0 Å². The lowest BCUT2D eigenvalue weighted by atomic mass is 9.82. The summed E-state index contributed by atoms with van der Waals surface area (Å²) in [6.45, 7) is 4.91. The lowest BCUT2D eigenvalue weighted by molar-refractivity contribution is -0.121. The second kappa shape index (κ2) is 6.44. The normalized spacial score (nSPS) is 20.6. The molecule has 4 rings (SSSR count). The Kier molecular flexibility index (Phi) is 4.44. The molecule has 0 bridgehead atoms. The van der Waals surface area contributed by atoms with E-state index in [1.54, 1.807) is 26.8 Å². The fourth-order valence-corrected chi connectivity index (χ4v) is 6.68. The van der Waals surface area contributed by atoms with Gasteiger partial charge in [-0.1, -0.05) is 19.1 Å². The molecule has 5 nitrogen and oxygen atoms in total. The van der Waals surface area contributed by atoms with Crippen molar-refractivity contribution in [3.63, 3.8) is 0 Å². The van der Waals surface area contributed by atoms with Gasteiger partial charge in [-0.2, -0.15) is 0 Å². The van der Waals surface area contributed by atoms with Crippen molar-refractivity contribution in [1.82, 2.24) is 0 Å². The number of ketones is 1. The number of anilines is 2. The van der Waals surface area contributed by atoms with Crippen molar-refractivity contribution in [3.05, 3.63) is 59.2 Å². The molecule has 0 unspecified atom stereocenters. The Balaban J connectivity index is 1.76. The van der Waals surface area contributed by atoms with Gasteiger partial charge in [0.15, 0.2) is 15.6 Å². The van der Waals surface area contributed by atoms with Crippen molar-refractivity contribution in [1.29, 1.82) is 0 Å². The highest BCUT2D eigenvalue weighted by Gasteiger charge is 2.48. The second-order valence-electron chi connectivity index (χ2n) is 9.01. The fourth-order valence-electron chi connectivity index (χ4n) is 4.43. The van der Waals surface area contributed by atoms with E-state index in [2.05, 4.69) is 0 Å². The maximum absolute atomic E-state index is 15.2. The topological polar surface area (TPSA) is 71.5 Å². The number of benzene rings is 2. The van der Waals surface area contributed by atoms with Gasteiger partial charge in [0.05, 0.1) is 28.3 Å². The van der Waals surface area contributed by atoms with Gasteiger partial charge in [0, 0.05) is 17.4 Å². The lowest BCUT2D eigenvalue weighted by Gasteiger charge is -2.37. The van der Waals surface area contributed by atoms with Crippen molar-refractivity contribution in [3.8, 4) is 0 Å². The molecule has 30 heavy (non-hydrogen) atoms. The first kappa shape index (κ1) is 20.7. The summed E-state index contributed by atoms with van der Waals surface area (Å²) in [5, 5.41) is 0. The van der Waals surface area contributed by atoms with Crippen LogP contribution in [0.2, 0.25) is 0 Å². The number of halogens is 2. The Hall–Kier alpha value is -2.61. The van der Waals surface area contributed by atoms with E-state index in [4.69, 9.17) is 0 Å². The molecule has 1 saturated heterocycles. The molecule has 0 spiro atoms. The van der Waals surface area contributed by atoms with E-state index in [1.807, 2.05) is 0 Å². The molecule has 0 aliphatic carbocycles. The number of carbonyl (C=O) groups excluding carboxylic acids is 2. The molecule has 2 aromatic carbocycles. The number of fused-ring (bicyclic) bond motifs is 1. The monoisotopic (exact) mass is 433 g/mol. The molecule has 1 amide bonds. The fraction of sp³-hybridized carbons (Fsp3) is 0.364. The number of rotatable bonds is 4. The van der Waals surface area contributed by atoms with E-state index in [-0.39, 0.29) is 40.6 Å². The highest BCUT2D eigenvalue weighted by atomic mass is 32.2. The average Bonchev–Trinajstić information content (AvgIpc) is 2.81. The first-order valence-electron chi connectivity index (χ1n) is 9.51. The van der Waals surface area contributed by atoms with Crippen LogP contribution in [0, 0.1) is 17.0 Å². The van der Waals surface area contributed by atoms with Crippen LogP contribution in [0.1, 0.15) is 43.1 Å². The van der Waals surface area contributed by atoms with Crippen molar-refractivity contribution >= 4 is 32.9 Å². The third-order valence-corrected chi connectivity index (χ3v) is 8.11. The Labute approximate surface area is 173 Å². The van der Waals surface area contributed by atoms with E-state index >= 15 is 4.39 Å². The summed E-state index contributed by atoms with van der Waals surface area (Å²) in [6.07, 6.45) is -0.0319. The summed E-state index contributed by atoms with van der Waals surface area (Å²) in [7, 11) is -3.12. The number of amides is 1. The standard InChI is InChI=1S/C22H21F2NO4S/c1-21(2)14-8-13(18(26)10-22(3)11-30(28,29)12-22)9-16(24)19(14)25(20(21)27)17-7-5-4-6-15(17)23/h4-9H,10-12H2,1-3H3. The maximum Gasteiger partial charge on any atom is 0.241 e. The summed E-state index contributed by atoms with van der Waals surface area (Å²) in [5.74, 6) is -2.50. The van der Waals surface area contributed by atoms with Crippen molar-refractivity contribution in [2.75, 3.05) is 16.4 Å². The minimum Gasteiger partial charge on any atom is -0.294 e. The molecule has 0 atom stereocenters. The number of Topliss-reactive ketones (excluding diaryl/α,β-unsaturated/α-hetero) is 1. The predicted molar refractivity (Wildman–Crippen MR) is 109 cm³/mol. The first-order chi connectivity index (χ1) is 13.8. The van der Waals surface area contributed by atoms with Gasteiger partial charge in [-0.15, -0.1) is 0 Å². The smallest absolute Gasteiger partial charge is 0.241 e. The van der Waals surface area contributed by atoms with Crippen LogP contribution < -0.4 is 4.90 Å². The molecule has 1 fully saturated rings. The molecule has 8 heteroatoms. The maximum atomic E-state index is 15.2. The largest absolute Gasteiger partial charge is 0.294 e. The highest BCUT2D eigenvalue weighted by Crippen LogP contribution is 2.48. The number of hydrogen-bond acceptors (Lipinski definition) is 4. The number of hydrogen-bond donors (Lipinski definition) is 0. The number of nitrogens with zero attached hydrogens (tertiary/aromatic N) is 1. The zero-order valence-corrected chi connectivity index (χ0v) is 17.6. The van der Waals surface area contributed by atoms with E-state index < -0.39 is 38.2 Å². The molecule has 2 aliphatic heterocycles. The lowest BCUT2D eigenvalue weighted by Crippen LogP contribution is -2.47. The third kappa shape index (κ3) is 3.14. The Morgan fingerprint density at radius 1 is 1.07 bits per heavy atom. The summed E-state index contributed by atoms with van der Waals surface area (Å²) in [4.78, 5) is 26.9. The van der Waals surface area contributed by atoms with Gasteiger partial charge in [0.2, 0.25) is 5.91 Å². The van der Waals surface area contributed by atoms with Crippen LogP contribution in [-0.4, -0.2) is 31.6 Å².